The first-order valence-corrected chi connectivity index (χ1v) is 9.83. The highest BCUT2D eigenvalue weighted by Gasteiger charge is 2.25. The van der Waals surface area contributed by atoms with E-state index in [0.29, 0.717) is 16.0 Å². The van der Waals surface area contributed by atoms with E-state index in [1.807, 2.05) is 13.8 Å². The van der Waals surface area contributed by atoms with Gasteiger partial charge < -0.3 is 14.8 Å². The van der Waals surface area contributed by atoms with Crippen LogP contribution in [0.1, 0.15) is 60.9 Å². The molecule has 0 unspecified atom stereocenters. The SMILES string of the molecule is CCOC(=O)c1c(NC(=O)COC(=O)c2ccc(C)c(C)c2)sc(C(C)=O)c1C. The zero-order valence-corrected chi connectivity index (χ0v) is 17.8. The van der Waals surface area contributed by atoms with E-state index in [2.05, 4.69) is 5.32 Å². The number of hydrogen-bond acceptors (Lipinski definition) is 7. The third kappa shape index (κ3) is 5.29. The summed E-state index contributed by atoms with van der Waals surface area (Å²) in [5, 5.41) is 2.74. The molecule has 1 aromatic heterocycles. The van der Waals surface area contributed by atoms with Crippen LogP contribution in [0.3, 0.4) is 0 Å². The Balaban J connectivity index is 2.12. The zero-order valence-electron chi connectivity index (χ0n) is 17.0. The van der Waals surface area contributed by atoms with Crippen LogP contribution in [0.15, 0.2) is 18.2 Å². The summed E-state index contributed by atoms with van der Waals surface area (Å²) in [5.74, 6) is -2.10. The number of ketones is 1. The summed E-state index contributed by atoms with van der Waals surface area (Å²) in [6.07, 6.45) is 0. The first-order chi connectivity index (χ1) is 13.6. The molecular weight excluding hydrogens is 394 g/mol. The average Bonchev–Trinajstić information content (AvgIpc) is 2.98. The molecule has 0 bridgehead atoms. The lowest BCUT2D eigenvalue weighted by atomic mass is 10.1. The summed E-state index contributed by atoms with van der Waals surface area (Å²) >= 11 is 0.988. The first-order valence-electron chi connectivity index (χ1n) is 9.01. The summed E-state index contributed by atoms with van der Waals surface area (Å²) in [7, 11) is 0. The molecule has 0 aliphatic carbocycles. The second kappa shape index (κ2) is 9.47. The Hall–Kier alpha value is -3.00. The number of Topliss-reactive ketones (excluding diaryl/α,β-unsaturated/α-hetero) is 1. The fourth-order valence-corrected chi connectivity index (χ4v) is 3.74. The van der Waals surface area contributed by atoms with Gasteiger partial charge in [0.05, 0.1) is 22.6 Å². The van der Waals surface area contributed by atoms with Gasteiger partial charge in [0.25, 0.3) is 5.91 Å². The number of carbonyl (C=O) groups is 4. The Bertz CT molecular complexity index is 976. The van der Waals surface area contributed by atoms with Crippen molar-refractivity contribution in [2.75, 3.05) is 18.5 Å². The second-order valence-electron chi connectivity index (χ2n) is 6.46. The van der Waals surface area contributed by atoms with Crippen molar-refractivity contribution >= 4 is 40.0 Å². The predicted molar refractivity (Wildman–Crippen MR) is 110 cm³/mol. The van der Waals surface area contributed by atoms with E-state index in [0.717, 1.165) is 22.5 Å². The second-order valence-corrected chi connectivity index (χ2v) is 7.48. The quantitative estimate of drug-likeness (QED) is 0.543. The topological polar surface area (TPSA) is 98.8 Å². The number of aryl methyl sites for hydroxylation is 2. The number of benzene rings is 1. The molecule has 8 heteroatoms. The van der Waals surface area contributed by atoms with E-state index in [4.69, 9.17) is 9.47 Å². The zero-order chi connectivity index (χ0) is 21.7. The fourth-order valence-electron chi connectivity index (χ4n) is 2.63. The molecule has 1 heterocycles. The monoisotopic (exact) mass is 417 g/mol. The Morgan fingerprint density at radius 3 is 2.28 bits per heavy atom. The molecule has 1 N–H and O–H groups in total. The molecule has 2 rings (SSSR count). The van der Waals surface area contributed by atoms with Gasteiger partial charge in [0.2, 0.25) is 0 Å². The number of ether oxygens (including phenoxy) is 2. The van der Waals surface area contributed by atoms with Crippen molar-refractivity contribution in [3.8, 4) is 0 Å². The smallest absolute Gasteiger partial charge is 0.341 e. The normalized spacial score (nSPS) is 10.4. The molecule has 2 aromatic rings. The van der Waals surface area contributed by atoms with Crippen LogP contribution in [0.2, 0.25) is 0 Å². The lowest BCUT2D eigenvalue weighted by Crippen LogP contribution is -2.21. The molecule has 7 nitrogen and oxygen atoms in total. The average molecular weight is 417 g/mol. The van der Waals surface area contributed by atoms with Gasteiger partial charge in [-0.05, 0) is 63.4 Å². The summed E-state index contributed by atoms with van der Waals surface area (Å²) in [6, 6.07) is 5.12. The highest BCUT2D eigenvalue weighted by atomic mass is 32.1. The van der Waals surface area contributed by atoms with Crippen LogP contribution >= 0.6 is 11.3 Å². The van der Waals surface area contributed by atoms with Gasteiger partial charge in [-0.1, -0.05) is 6.07 Å². The number of thiophene rings is 1. The standard InChI is InChI=1S/C21H23NO6S/c1-6-27-21(26)17-13(4)18(14(5)23)29-19(17)22-16(24)10-28-20(25)15-8-7-11(2)12(3)9-15/h7-9H,6,10H2,1-5H3,(H,22,24). The maximum atomic E-state index is 12.3. The van der Waals surface area contributed by atoms with Crippen molar-refractivity contribution in [3.63, 3.8) is 0 Å². The number of rotatable bonds is 7. The van der Waals surface area contributed by atoms with E-state index >= 15 is 0 Å². The van der Waals surface area contributed by atoms with Crippen molar-refractivity contribution in [3.05, 3.63) is 50.9 Å². The van der Waals surface area contributed by atoms with Crippen LogP contribution in [-0.4, -0.2) is 36.8 Å². The van der Waals surface area contributed by atoms with E-state index in [1.54, 1.807) is 32.0 Å². The summed E-state index contributed by atoms with van der Waals surface area (Å²) < 4.78 is 10.1. The van der Waals surface area contributed by atoms with Gasteiger partial charge in [-0.15, -0.1) is 11.3 Å². The van der Waals surface area contributed by atoms with Gasteiger partial charge in [0, 0.05) is 0 Å². The fraction of sp³-hybridized carbons (Fsp3) is 0.333. The largest absolute Gasteiger partial charge is 0.462 e. The number of amides is 1. The summed E-state index contributed by atoms with van der Waals surface area (Å²) in [6.45, 7) is 8.10. The Morgan fingerprint density at radius 1 is 1.00 bits per heavy atom. The molecule has 0 fully saturated rings. The van der Waals surface area contributed by atoms with Crippen LogP contribution < -0.4 is 5.32 Å². The molecule has 1 amide bonds. The minimum atomic E-state index is -0.629. The molecular formula is C21H23NO6S. The molecule has 29 heavy (non-hydrogen) atoms. The van der Waals surface area contributed by atoms with E-state index < -0.39 is 24.5 Å². The molecule has 0 aliphatic heterocycles. The van der Waals surface area contributed by atoms with Crippen molar-refractivity contribution in [2.24, 2.45) is 0 Å². The Morgan fingerprint density at radius 2 is 1.69 bits per heavy atom. The van der Waals surface area contributed by atoms with E-state index in [-0.39, 0.29) is 23.0 Å². The molecule has 0 atom stereocenters. The maximum absolute atomic E-state index is 12.3. The molecule has 0 aliphatic rings. The first kappa shape index (κ1) is 22.3. The maximum Gasteiger partial charge on any atom is 0.341 e. The lowest BCUT2D eigenvalue weighted by molar-refractivity contribution is -0.119. The van der Waals surface area contributed by atoms with Crippen LogP contribution in [0.25, 0.3) is 0 Å². The molecule has 0 saturated heterocycles. The number of carbonyl (C=O) groups excluding carboxylic acids is 4. The summed E-state index contributed by atoms with van der Waals surface area (Å²) in [5.41, 5.74) is 2.91. The highest BCUT2D eigenvalue weighted by molar-refractivity contribution is 7.18. The number of esters is 2. The van der Waals surface area contributed by atoms with E-state index in [9.17, 15) is 19.2 Å². The highest BCUT2D eigenvalue weighted by Crippen LogP contribution is 2.34. The molecule has 0 saturated carbocycles. The van der Waals surface area contributed by atoms with Crippen LogP contribution in [0.5, 0.6) is 0 Å². The van der Waals surface area contributed by atoms with Gasteiger partial charge >= 0.3 is 11.9 Å². The van der Waals surface area contributed by atoms with Crippen molar-refractivity contribution in [2.45, 2.75) is 34.6 Å². The number of hydrogen-bond donors (Lipinski definition) is 1. The molecule has 0 radical (unpaired) electrons. The minimum absolute atomic E-state index is 0.135. The van der Waals surface area contributed by atoms with E-state index in [1.165, 1.54) is 6.92 Å². The van der Waals surface area contributed by atoms with Gasteiger partial charge in [-0.25, -0.2) is 9.59 Å². The van der Waals surface area contributed by atoms with Gasteiger partial charge in [-0.3, -0.25) is 9.59 Å². The third-order valence-corrected chi connectivity index (χ3v) is 5.58. The molecule has 0 spiro atoms. The van der Waals surface area contributed by atoms with Gasteiger partial charge in [-0.2, -0.15) is 0 Å². The van der Waals surface area contributed by atoms with Crippen molar-refractivity contribution in [1.29, 1.82) is 0 Å². The minimum Gasteiger partial charge on any atom is -0.462 e. The summed E-state index contributed by atoms with van der Waals surface area (Å²) in [4.78, 5) is 48.8. The lowest BCUT2D eigenvalue weighted by Gasteiger charge is -2.08. The van der Waals surface area contributed by atoms with Crippen molar-refractivity contribution in [1.82, 2.24) is 0 Å². The molecule has 1 aromatic carbocycles. The number of nitrogens with one attached hydrogen (secondary N) is 1. The number of anilines is 1. The third-order valence-electron chi connectivity index (χ3n) is 4.28. The van der Waals surface area contributed by atoms with Crippen LogP contribution in [0, 0.1) is 20.8 Å². The molecule has 154 valence electrons. The van der Waals surface area contributed by atoms with Crippen molar-refractivity contribution < 1.29 is 28.7 Å². The van der Waals surface area contributed by atoms with Crippen LogP contribution in [-0.2, 0) is 14.3 Å². The Labute approximate surface area is 173 Å². The Kier molecular flexibility index (Phi) is 7.28. The van der Waals surface area contributed by atoms with Gasteiger partial charge in [0.15, 0.2) is 12.4 Å². The predicted octanol–water partition coefficient (Wildman–Crippen LogP) is 3.85. The van der Waals surface area contributed by atoms with Gasteiger partial charge in [0.1, 0.15) is 5.00 Å². The van der Waals surface area contributed by atoms with Crippen LogP contribution in [0.4, 0.5) is 5.00 Å².